The Morgan fingerprint density at radius 2 is 1.79 bits per heavy atom. The van der Waals surface area contributed by atoms with Crippen LogP contribution in [0.15, 0.2) is 0 Å². The molecule has 14 heavy (non-hydrogen) atoms. The van der Waals surface area contributed by atoms with E-state index in [1.807, 2.05) is 0 Å². The molecule has 1 fully saturated rings. The molecule has 0 aromatic rings. The summed E-state index contributed by atoms with van der Waals surface area (Å²) in [5, 5.41) is 0. The summed E-state index contributed by atoms with van der Waals surface area (Å²) in [5.74, 6) is 0.584. The normalized spacial score (nSPS) is 19.5. The highest BCUT2D eigenvalue weighted by Gasteiger charge is 2.23. The lowest BCUT2D eigenvalue weighted by Crippen LogP contribution is -2.34. The van der Waals surface area contributed by atoms with E-state index >= 15 is 0 Å². The lowest BCUT2D eigenvalue weighted by Gasteiger charge is -2.30. The Bertz CT molecular complexity index is 160. The predicted molar refractivity (Wildman–Crippen MR) is 60.5 cm³/mol. The van der Waals surface area contributed by atoms with E-state index in [0.717, 1.165) is 13.2 Å². The average molecular weight is 199 g/mol. The van der Waals surface area contributed by atoms with Gasteiger partial charge in [-0.2, -0.15) is 0 Å². The Labute approximate surface area is 88.6 Å². The summed E-state index contributed by atoms with van der Waals surface area (Å²) in [5.41, 5.74) is 0.0275. The van der Waals surface area contributed by atoms with Gasteiger partial charge >= 0.3 is 0 Å². The number of likely N-dealkylation sites (tertiary alicyclic amines) is 1. The van der Waals surface area contributed by atoms with E-state index in [9.17, 15) is 0 Å². The molecule has 1 aliphatic heterocycles. The van der Waals surface area contributed by atoms with Crippen LogP contribution < -0.4 is 0 Å². The molecule has 2 heteroatoms. The molecule has 0 spiro atoms. The Morgan fingerprint density at radius 3 is 2.29 bits per heavy atom. The van der Waals surface area contributed by atoms with Crippen LogP contribution in [0.2, 0.25) is 0 Å². The molecule has 1 heterocycles. The van der Waals surface area contributed by atoms with Gasteiger partial charge in [-0.15, -0.1) is 0 Å². The molecule has 0 aromatic carbocycles. The van der Waals surface area contributed by atoms with Gasteiger partial charge in [0.2, 0.25) is 0 Å². The van der Waals surface area contributed by atoms with Gasteiger partial charge in [0.25, 0.3) is 0 Å². The predicted octanol–water partition coefficient (Wildman–Crippen LogP) is 2.53. The maximum Gasteiger partial charge on any atom is 0.0649 e. The first-order valence-corrected chi connectivity index (χ1v) is 5.88. The molecule has 1 aliphatic rings. The van der Waals surface area contributed by atoms with Gasteiger partial charge in [-0.05, 0) is 45.7 Å². The highest BCUT2D eigenvalue weighted by atomic mass is 16.5. The van der Waals surface area contributed by atoms with Crippen LogP contribution in [0, 0.1) is 5.92 Å². The largest absolute Gasteiger partial charge is 0.374 e. The number of rotatable bonds is 5. The van der Waals surface area contributed by atoms with Crippen LogP contribution in [0.5, 0.6) is 0 Å². The van der Waals surface area contributed by atoms with Gasteiger partial charge in [0.1, 0.15) is 0 Å². The maximum absolute atomic E-state index is 5.91. The molecular weight excluding hydrogens is 174 g/mol. The highest BCUT2D eigenvalue weighted by molar-refractivity contribution is 4.73. The van der Waals surface area contributed by atoms with E-state index in [1.54, 1.807) is 0 Å². The Morgan fingerprint density at radius 1 is 1.21 bits per heavy atom. The average Bonchev–Trinajstić information content (AvgIpc) is 2.56. The Hall–Kier alpha value is -0.0800. The molecule has 0 saturated carbocycles. The van der Waals surface area contributed by atoms with Crippen LogP contribution >= 0.6 is 0 Å². The van der Waals surface area contributed by atoms with Crippen molar-refractivity contribution in [2.75, 3.05) is 26.2 Å². The molecular formula is C12H25NO. The van der Waals surface area contributed by atoms with Gasteiger partial charge in [0.05, 0.1) is 12.2 Å². The van der Waals surface area contributed by atoms with Gasteiger partial charge in [0, 0.05) is 6.54 Å². The maximum atomic E-state index is 5.91. The van der Waals surface area contributed by atoms with Crippen molar-refractivity contribution in [3.63, 3.8) is 0 Å². The summed E-state index contributed by atoms with van der Waals surface area (Å²) in [7, 11) is 0. The summed E-state index contributed by atoms with van der Waals surface area (Å²) < 4.78 is 5.91. The molecule has 0 atom stereocenters. The van der Waals surface area contributed by atoms with Crippen molar-refractivity contribution in [2.45, 2.75) is 46.1 Å². The second-order valence-corrected chi connectivity index (χ2v) is 5.16. The monoisotopic (exact) mass is 199 g/mol. The quantitative estimate of drug-likeness (QED) is 0.674. The summed E-state index contributed by atoms with van der Waals surface area (Å²) in [6, 6.07) is 0. The molecule has 2 nitrogen and oxygen atoms in total. The molecule has 1 saturated heterocycles. The van der Waals surface area contributed by atoms with Crippen molar-refractivity contribution in [3.8, 4) is 0 Å². The van der Waals surface area contributed by atoms with Crippen LogP contribution in [0.1, 0.15) is 40.5 Å². The summed E-state index contributed by atoms with van der Waals surface area (Å²) in [6.07, 6.45) is 2.74. The van der Waals surface area contributed by atoms with E-state index in [-0.39, 0.29) is 5.60 Å². The van der Waals surface area contributed by atoms with E-state index in [2.05, 4.69) is 32.6 Å². The molecule has 0 aromatic heterocycles. The summed E-state index contributed by atoms with van der Waals surface area (Å²) in [4.78, 5) is 2.50. The fourth-order valence-corrected chi connectivity index (χ4v) is 1.61. The zero-order valence-electron chi connectivity index (χ0n) is 10.2. The molecule has 0 aliphatic carbocycles. The Balaban J connectivity index is 2.13. The van der Waals surface area contributed by atoms with Gasteiger partial charge < -0.3 is 9.64 Å². The zero-order valence-corrected chi connectivity index (χ0v) is 10.2. The van der Waals surface area contributed by atoms with Crippen LogP contribution in [0.4, 0.5) is 0 Å². The minimum Gasteiger partial charge on any atom is -0.374 e. The van der Waals surface area contributed by atoms with Gasteiger partial charge in [-0.25, -0.2) is 0 Å². The SMILES string of the molecule is CC(C)C(C)(C)OCCN1CCCC1. The van der Waals surface area contributed by atoms with Gasteiger partial charge in [-0.3, -0.25) is 0 Å². The second kappa shape index (κ2) is 5.13. The Kier molecular flexibility index (Phi) is 4.39. The fourth-order valence-electron chi connectivity index (χ4n) is 1.61. The second-order valence-electron chi connectivity index (χ2n) is 5.16. The minimum absolute atomic E-state index is 0.0275. The smallest absolute Gasteiger partial charge is 0.0649 e. The number of nitrogens with zero attached hydrogens (tertiary/aromatic N) is 1. The minimum atomic E-state index is 0.0275. The molecule has 84 valence electrons. The van der Waals surface area contributed by atoms with Gasteiger partial charge in [-0.1, -0.05) is 13.8 Å². The fraction of sp³-hybridized carbons (Fsp3) is 1.00. The van der Waals surface area contributed by atoms with Crippen molar-refractivity contribution in [3.05, 3.63) is 0 Å². The summed E-state index contributed by atoms with van der Waals surface area (Å²) in [6.45, 7) is 13.3. The van der Waals surface area contributed by atoms with Crippen molar-refractivity contribution >= 4 is 0 Å². The third kappa shape index (κ3) is 3.58. The summed E-state index contributed by atoms with van der Waals surface area (Å²) >= 11 is 0. The third-order valence-electron chi connectivity index (χ3n) is 3.47. The number of hydrogen-bond acceptors (Lipinski definition) is 2. The first-order valence-electron chi connectivity index (χ1n) is 5.88. The number of ether oxygens (including phenoxy) is 1. The van der Waals surface area contributed by atoms with E-state index < -0.39 is 0 Å². The lowest BCUT2D eigenvalue weighted by atomic mass is 9.95. The van der Waals surface area contributed by atoms with Crippen molar-refractivity contribution < 1.29 is 4.74 Å². The van der Waals surface area contributed by atoms with Crippen molar-refractivity contribution in [2.24, 2.45) is 5.92 Å². The van der Waals surface area contributed by atoms with E-state index in [1.165, 1.54) is 25.9 Å². The molecule has 0 bridgehead atoms. The van der Waals surface area contributed by atoms with Gasteiger partial charge in [0.15, 0.2) is 0 Å². The van der Waals surface area contributed by atoms with E-state index in [4.69, 9.17) is 4.74 Å². The van der Waals surface area contributed by atoms with Crippen LogP contribution in [-0.2, 0) is 4.74 Å². The van der Waals surface area contributed by atoms with Crippen LogP contribution in [0.25, 0.3) is 0 Å². The zero-order chi connectivity index (χ0) is 10.6. The van der Waals surface area contributed by atoms with Crippen LogP contribution in [0.3, 0.4) is 0 Å². The van der Waals surface area contributed by atoms with E-state index in [0.29, 0.717) is 5.92 Å². The van der Waals surface area contributed by atoms with Crippen LogP contribution in [-0.4, -0.2) is 36.7 Å². The van der Waals surface area contributed by atoms with Crippen molar-refractivity contribution in [1.29, 1.82) is 0 Å². The standard InChI is InChI=1S/C12H25NO/c1-11(2)12(3,4)14-10-9-13-7-5-6-8-13/h11H,5-10H2,1-4H3. The van der Waals surface area contributed by atoms with Crippen molar-refractivity contribution in [1.82, 2.24) is 4.90 Å². The number of hydrogen-bond donors (Lipinski definition) is 0. The first-order chi connectivity index (χ1) is 6.52. The molecule has 0 unspecified atom stereocenters. The topological polar surface area (TPSA) is 12.5 Å². The lowest BCUT2D eigenvalue weighted by molar-refractivity contribution is -0.0554. The third-order valence-corrected chi connectivity index (χ3v) is 3.47. The molecule has 0 amide bonds. The first kappa shape index (κ1) is 12.0. The molecule has 1 rings (SSSR count). The molecule has 0 radical (unpaired) electrons. The molecule has 0 N–H and O–H groups in total. The highest BCUT2D eigenvalue weighted by Crippen LogP contribution is 2.20.